The molecule has 2 aliphatic heterocycles. The van der Waals surface area contributed by atoms with Crippen molar-refractivity contribution >= 4 is 0 Å². The van der Waals surface area contributed by atoms with Crippen molar-refractivity contribution in [2.24, 2.45) is 0 Å². The fourth-order valence-corrected chi connectivity index (χ4v) is 3.55. The largest absolute Gasteiger partial charge is 0.463 e. The average Bonchev–Trinajstić information content (AvgIpc) is 2.99. The van der Waals surface area contributed by atoms with Crippen LogP contribution in [0.5, 0.6) is 0 Å². The molecule has 0 amide bonds. The zero-order valence-corrected chi connectivity index (χ0v) is 12.2. The summed E-state index contributed by atoms with van der Waals surface area (Å²) >= 11 is 0. The number of hydrogen-bond donors (Lipinski definition) is 1. The van der Waals surface area contributed by atoms with Crippen molar-refractivity contribution in [2.45, 2.75) is 50.9 Å². The van der Waals surface area contributed by atoms with Crippen LogP contribution < -0.4 is 5.32 Å². The normalized spacial score (nSPS) is 27.9. The molecule has 3 heterocycles. The van der Waals surface area contributed by atoms with Crippen LogP contribution in [0.4, 0.5) is 0 Å². The molecule has 0 aromatic carbocycles. The summed E-state index contributed by atoms with van der Waals surface area (Å²) in [4.78, 5) is 5.22. The first-order chi connectivity index (χ1) is 9.87. The summed E-state index contributed by atoms with van der Waals surface area (Å²) in [5.74, 6) is 2.22. The lowest BCUT2D eigenvalue weighted by atomic mass is 10.1. The average molecular weight is 275 g/mol. The van der Waals surface area contributed by atoms with Gasteiger partial charge in [-0.25, -0.2) is 0 Å². The van der Waals surface area contributed by atoms with Crippen molar-refractivity contribution in [3.8, 4) is 0 Å². The molecule has 4 heteroatoms. The molecular formula is C16H25N3O. The summed E-state index contributed by atoms with van der Waals surface area (Å²) in [5.41, 5.74) is 0. The van der Waals surface area contributed by atoms with Gasteiger partial charge in [-0.2, -0.15) is 0 Å². The first-order valence-corrected chi connectivity index (χ1v) is 8.14. The van der Waals surface area contributed by atoms with Gasteiger partial charge < -0.3 is 9.73 Å². The summed E-state index contributed by atoms with van der Waals surface area (Å²) < 4.78 is 5.96. The van der Waals surface area contributed by atoms with E-state index in [0.717, 1.165) is 36.7 Å². The zero-order chi connectivity index (χ0) is 13.4. The molecule has 0 spiro atoms. The maximum Gasteiger partial charge on any atom is 0.118 e. The molecule has 1 aromatic heterocycles. The van der Waals surface area contributed by atoms with Crippen molar-refractivity contribution in [2.75, 3.05) is 26.2 Å². The highest BCUT2D eigenvalue weighted by Crippen LogP contribution is 2.23. The third-order valence-corrected chi connectivity index (χ3v) is 4.91. The number of nitrogens with zero attached hydrogens (tertiary/aromatic N) is 2. The Morgan fingerprint density at radius 2 is 2.00 bits per heavy atom. The van der Waals surface area contributed by atoms with Crippen LogP contribution >= 0.6 is 0 Å². The first kappa shape index (κ1) is 12.9. The zero-order valence-electron chi connectivity index (χ0n) is 12.2. The van der Waals surface area contributed by atoms with Crippen LogP contribution in [0.3, 0.4) is 0 Å². The Labute approximate surface area is 121 Å². The van der Waals surface area contributed by atoms with Crippen LogP contribution in [0.25, 0.3) is 0 Å². The van der Waals surface area contributed by atoms with Crippen molar-refractivity contribution in [3.05, 3.63) is 23.7 Å². The van der Waals surface area contributed by atoms with Crippen molar-refractivity contribution < 1.29 is 4.42 Å². The minimum atomic E-state index is 0.749. The Morgan fingerprint density at radius 3 is 2.90 bits per heavy atom. The maximum absolute atomic E-state index is 5.96. The summed E-state index contributed by atoms with van der Waals surface area (Å²) in [7, 11) is 0. The molecule has 2 saturated heterocycles. The molecule has 0 bridgehead atoms. The lowest BCUT2D eigenvalue weighted by Gasteiger charge is -2.37. The van der Waals surface area contributed by atoms with Crippen LogP contribution in [0.2, 0.25) is 0 Å². The lowest BCUT2D eigenvalue weighted by Crippen LogP contribution is -2.49. The second kappa shape index (κ2) is 5.51. The Bertz CT molecular complexity index is 454. The third-order valence-electron chi connectivity index (χ3n) is 4.91. The van der Waals surface area contributed by atoms with Gasteiger partial charge in [0.1, 0.15) is 11.5 Å². The van der Waals surface area contributed by atoms with Crippen molar-refractivity contribution in [3.63, 3.8) is 0 Å². The molecule has 1 N–H and O–H groups in total. The molecule has 1 atom stereocenters. The van der Waals surface area contributed by atoms with Gasteiger partial charge >= 0.3 is 0 Å². The van der Waals surface area contributed by atoms with Gasteiger partial charge in [0.25, 0.3) is 0 Å². The molecular weight excluding hydrogens is 250 g/mol. The highest BCUT2D eigenvalue weighted by Gasteiger charge is 2.30. The van der Waals surface area contributed by atoms with Crippen LogP contribution in [-0.2, 0) is 13.1 Å². The van der Waals surface area contributed by atoms with Crippen LogP contribution in [0, 0.1) is 0 Å². The third kappa shape index (κ3) is 2.92. The summed E-state index contributed by atoms with van der Waals surface area (Å²) in [5, 5.41) is 3.51. The minimum Gasteiger partial charge on any atom is -0.463 e. The van der Waals surface area contributed by atoms with E-state index in [-0.39, 0.29) is 0 Å². The highest BCUT2D eigenvalue weighted by molar-refractivity contribution is 5.08. The van der Waals surface area contributed by atoms with Gasteiger partial charge in [0, 0.05) is 31.7 Å². The molecule has 110 valence electrons. The Balaban J connectivity index is 1.29. The molecule has 1 aromatic rings. The van der Waals surface area contributed by atoms with Gasteiger partial charge in [0.15, 0.2) is 0 Å². The predicted molar refractivity (Wildman–Crippen MR) is 78.4 cm³/mol. The number of hydrogen-bond acceptors (Lipinski definition) is 4. The van der Waals surface area contributed by atoms with Gasteiger partial charge in [0.05, 0.1) is 13.1 Å². The van der Waals surface area contributed by atoms with E-state index in [1.165, 1.54) is 51.9 Å². The van der Waals surface area contributed by atoms with E-state index in [1.807, 2.05) is 0 Å². The maximum atomic E-state index is 5.96. The molecule has 4 nitrogen and oxygen atoms in total. The van der Waals surface area contributed by atoms with E-state index in [0.29, 0.717) is 0 Å². The number of fused-ring (bicyclic) bond motifs is 1. The summed E-state index contributed by atoms with van der Waals surface area (Å²) in [6, 6.07) is 5.84. The standard InChI is InChI=1S/C16H25N3O/c1-2-14-11-18(8-9-19(14)7-1)12-16-6-5-15(20-16)10-17-13-3-4-13/h5-6,13-14,17H,1-4,7-12H2. The Morgan fingerprint density at radius 1 is 1.10 bits per heavy atom. The molecule has 1 unspecified atom stereocenters. The number of furan rings is 1. The fraction of sp³-hybridized carbons (Fsp3) is 0.750. The summed E-state index contributed by atoms with van der Waals surface area (Å²) in [6.45, 7) is 6.83. The first-order valence-electron chi connectivity index (χ1n) is 8.14. The van der Waals surface area contributed by atoms with Gasteiger partial charge in [-0.15, -0.1) is 0 Å². The van der Waals surface area contributed by atoms with E-state index in [9.17, 15) is 0 Å². The quantitative estimate of drug-likeness (QED) is 0.888. The van der Waals surface area contributed by atoms with Gasteiger partial charge in [0.2, 0.25) is 0 Å². The minimum absolute atomic E-state index is 0.749. The number of rotatable bonds is 5. The molecule has 3 fully saturated rings. The fourth-order valence-electron chi connectivity index (χ4n) is 3.55. The second-order valence-electron chi connectivity index (χ2n) is 6.59. The molecule has 0 radical (unpaired) electrons. The number of nitrogens with one attached hydrogen (secondary N) is 1. The highest BCUT2D eigenvalue weighted by atomic mass is 16.3. The topological polar surface area (TPSA) is 31.6 Å². The molecule has 1 aliphatic carbocycles. The van der Waals surface area contributed by atoms with Crippen LogP contribution in [0.15, 0.2) is 16.5 Å². The van der Waals surface area contributed by atoms with Crippen molar-refractivity contribution in [1.82, 2.24) is 15.1 Å². The van der Waals surface area contributed by atoms with Crippen LogP contribution in [0.1, 0.15) is 37.2 Å². The summed E-state index contributed by atoms with van der Waals surface area (Å²) in [6.07, 6.45) is 5.43. The van der Waals surface area contributed by atoms with E-state index < -0.39 is 0 Å². The molecule has 20 heavy (non-hydrogen) atoms. The van der Waals surface area contributed by atoms with Gasteiger partial charge in [-0.05, 0) is 44.4 Å². The smallest absolute Gasteiger partial charge is 0.118 e. The van der Waals surface area contributed by atoms with Crippen LogP contribution in [-0.4, -0.2) is 48.1 Å². The molecule has 3 aliphatic rings. The predicted octanol–water partition coefficient (Wildman–Crippen LogP) is 1.81. The second-order valence-corrected chi connectivity index (χ2v) is 6.59. The molecule has 4 rings (SSSR count). The van der Waals surface area contributed by atoms with E-state index in [4.69, 9.17) is 4.42 Å². The van der Waals surface area contributed by atoms with Gasteiger partial charge in [-0.3, -0.25) is 9.80 Å². The SMILES string of the molecule is c1cc(CN2CCN3CCCC3C2)oc1CNC1CC1. The van der Waals surface area contributed by atoms with E-state index in [1.54, 1.807) is 0 Å². The van der Waals surface area contributed by atoms with Crippen molar-refractivity contribution in [1.29, 1.82) is 0 Å². The lowest BCUT2D eigenvalue weighted by molar-refractivity contribution is 0.0937. The van der Waals surface area contributed by atoms with Gasteiger partial charge in [-0.1, -0.05) is 0 Å². The van der Waals surface area contributed by atoms with E-state index in [2.05, 4.69) is 27.2 Å². The Kier molecular flexibility index (Phi) is 3.54. The number of piperazine rings is 1. The monoisotopic (exact) mass is 275 g/mol. The Hall–Kier alpha value is -0.840. The van der Waals surface area contributed by atoms with E-state index >= 15 is 0 Å². The molecule has 1 saturated carbocycles.